The van der Waals surface area contributed by atoms with Crippen molar-refractivity contribution >= 4 is 23.5 Å². The monoisotopic (exact) mass is 311 g/mol. The fourth-order valence-electron chi connectivity index (χ4n) is 3.05. The number of hydrogen-bond acceptors (Lipinski definition) is 6. The van der Waals surface area contributed by atoms with E-state index in [1.807, 2.05) is 0 Å². The van der Waals surface area contributed by atoms with Crippen molar-refractivity contribution in [3.8, 4) is 0 Å². The maximum Gasteiger partial charge on any atom is 0.231 e. The molecule has 0 spiro atoms. The standard InChI is InChI=1S/C14H22ClN5O/c1-10-8-20(9-11(2)21-10)14-17-12(15)16-13(18-14)19-6-4-3-5-7-19/h10-11H,3-9H2,1-2H3/t10-,11+. The molecule has 1 aromatic heterocycles. The largest absolute Gasteiger partial charge is 0.372 e. The van der Waals surface area contributed by atoms with E-state index in [9.17, 15) is 0 Å². The number of aromatic nitrogens is 3. The summed E-state index contributed by atoms with van der Waals surface area (Å²) in [6.45, 7) is 7.69. The van der Waals surface area contributed by atoms with Crippen LogP contribution >= 0.6 is 11.6 Å². The summed E-state index contributed by atoms with van der Waals surface area (Å²) in [6, 6.07) is 0. The molecule has 3 heterocycles. The quantitative estimate of drug-likeness (QED) is 0.834. The lowest BCUT2D eigenvalue weighted by atomic mass is 10.1. The number of piperidine rings is 1. The van der Waals surface area contributed by atoms with E-state index in [4.69, 9.17) is 16.3 Å². The van der Waals surface area contributed by atoms with Crippen LogP contribution in [0.5, 0.6) is 0 Å². The number of ether oxygens (including phenoxy) is 1. The molecule has 0 amide bonds. The SMILES string of the molecule is C[C@@H]1CN(c2nc(Cl)nc(N3CCCCC3)n2)C[C@H](C)O1. The van der Waals surface area contributed by atoms with Gasteiger partial charge in [-0.1, -0.05) is 0 Å². The predicted molar refractivity (Wildman–Crippen MR) is 83.1 cm³/mol. The number of anilines is 2. The van der Waals surface area contributed by atoms with Crippen molar-refractivity contribution in [3.63, 3.8) is 0 Å². The molecule has 6 nitrogen and oxygen atoms in total. The Hall–Kier alpha value is -1.14. The molecule has 3 rings (SSSR count). The van der Waals surface area contributed by atoms with Gasteiger partial charge in [0.25, 0.3) is 0 Å². The fraction of sp³-hybridized carbons (Fsp3) is 0.786. The van der Waals surface area contributed by atoms with E-state index < -0.39 is 0 Å². The first kappa shape index (κ1) is 14.8. The first-order valence-electron chi connectivity index (χ1n) is 7.69. The summed E-state index contributed by atoms with van der Waals surface area (Å²) in [5.41, 5.74) is 0. The molecule has 0 N–H and O–H groups in total. The van der Waals surface area contributed by atoms with Gasteiger partial charge in [0.05, 0.1) is 12.2 Å². The smallest absolute Gasteiger partial charge is 0.231 e. The average molecular weight is 312 g/mol. The molecular formula is C14H22ClN5O. The maximum absolute atomic E-state index is 6.11. The normalized spacial score (nSPS) is 27.0. The lowest BCUT2D eigenvalue weighted by molar-refractivity contribution is -0.00572. The molecule has 0 unspecified atom stereocenters. The highest BCUT2D eigenvalue weighted by atomic mass is 35.5. The third kappa shape index (κ3) is 3.55. The van der Waals surface area contributed by atoms with Gasteiger partial charge < -0.3 is 14.5 Å². The van der Waals surface area contributed by atoms with Crippen LogP contribution in [-0.4, -0.2) is 53.3 Å². The van der Waals surface area contributed by atoms with Gasteiger partial charge in [-0.25, -0.2) is 0 Å². The van der Waals surface area contributed by atoms with Gasteiger partial charge in [-0.05, 0) is 44.7 Å². The van der Waals surface area contributed by atoms with Crippen molar-refractivity contribution in [2.45, 2.75) is 45.3 Å². The highest BCUT2D eigenvalue weighted by Crippen LogP contribution is 2.22. The number of morpholine rings is 1. The molecule has 0 bridgehead atoms. The molecule has 0 aliphatic carbocycles. The summed E-state index contributed by atoms with van der Waals surface area (Å²) in [6.07, 6.45) is 3.99. The Labute approximate surface area is 130 Å². The van der Waals surface area contributed by atoms with Crippen molar-refractivity contribution in [1.29, 1.82) is 0 Å². The van der Waals surface area contributed by atoms with Gasteiger partial charge in [-0.2, -0.15) is 15.0 Å². The second-order valence-electron chi connectivity index (χ2n) is 5.91. The third-order valence-corrected chi connectivity index (χ3v) is 4.09. The molecular weight excluding hydrogens is 290 g/mol. The Balaban J connectivity index is 1.83. The van der Waals surface area contributed by atoms with Crippen LogP contribution in [0.25, 0.3) is 0 Å². The first-order chi connectivity index (χ1) is 10.1. The summed E-state index contributed by atoms with van der Waals surface area (Å²) >= 11 is 6.11. The Bertz CT molecular complexity index is 484. The van der Waals surface area contributed by atoms with E-state index in [0.29, 0.717) is 11.9 Å². The maximum atomic E-state index is 6.11. The molecule has 1 aromatic rings. The Morgan fingerprint density at radius 3 is 2.10 bits per heavy atom. The lowest BCUT2D eigenvalue weighted by Gasteiger charge is -2.35. The van der Waals surface area contributed by atoms with Crippen molar-refractivity contribution in [1.82, 2.24) is 15.0 Å². The predicted octanol–water partition coefficient (Wildman–Crippen LogP) is 2.13. The minimum atomic E-state index is 0.169. The number of halogens is 1. The topological polar surface area (TPSA) is 54.4 Å². The Morgan fingerprint density at radius 2 is 1.48 bits per heavy atom. The van der Waals surface area contributed by atoms with Gasteiger partial charge in [0, 0.05) is 26.2 Å². The van der Waals surface area contributed by atoms with E-state index in [1.54, 1.807) is 0 Å². The third-order valence-electron chi connectivity index (χ3n) is 3.93. The van der Waals surface area contributed by atoms with E-state index in [0.717, 1.165) is 26.2 Å². The molecule has 21 heavy (non-hydrogen) atoms. The summed E-state index contributed by atoms with van der Waals surface area (Å²) in [4.78, 5) is 17.6. The Kier molecular flexibility index (Phi) is 4.45. The zero-order valence-electron chi connectivity index (χ0n) is 12.6. The van der Waals surface area contributed by atoms with Crippen LogP contribution in [0.2, 0.25) is 5.28 Å². The zero-order chi connectivity index (χ0) is 14.8. The molecule has 0 saturated carbocycles. The summed E-state index contributed by atoms with van der Waals surface area (Å²) in [5.74, 6) is 1.37. The summed E-state index contributed by atoms with van der Waals surface area (Å²) in [5, 5.41) is 0.271. The van der Waals surface area contributed by atoms with E-state index in [-0.39, 0.29) is 17.5 Å². The van der Waals surface area contributed by atoms with Gasteiger partial charge in [-0.3, -0.25) is 0 Å². The summed E-state index contributed by atoms with van der Waals surface area (Å²) < 4.78 is 5.76. The minimum Gasteiger partial charge on any atom is -0.372 e. The minimum absolute atomic E-state index is 0.169. The average Bonchev–Trinajstić information content (AvgIpc) is 2.46. The zero-order valence-corrected chi connectivity index (χ0v) is 13.4. The van der Waals surface area contributed by atoms with Crippen LogP contribution in [0.15, 0.2) is 0 Å². The van der Waals surface area contributed by atoms with E-state index >= 15 is 0 Å². The molecule has 0 aromatic carbocycles. The van der Waals surface area contributed by atoms with Crippen LogP contribution in [0.3, 0.4) is 0 Å². The van der Waals surface area contributed by atoms with Crippen LogP contribution in [-0.2, 0) is 4.74 Å². The molecule has 2 fully saturated rings. The molecule has 2 atom stereocenters. The molecule has 7 heteroatoms. The van der Waals surface area contributed by atoms with Crippen molar-refractivity contribution < 1.29 is 4.74 Å². The van der Waals surface area contributed by atoms with E-state index in [2.05, 4.69) is 38.6 Å². The van der Waals surface area contributed by atoms with Gasteiger partial charge in [0.1, 0.15) is 0 Å². The molecule has 116 valence electrons. The van der Waals surface area contributed by atoms with Gasteiger partial charge in [0.2, 0.25) is 17.2 Å². The first-order valence-corrected chi connectivity index (χ1v) is 8.06. The summed E-state index contributed by atoms with van der Waals surface area (Å²) in [7, 11) is 0. The second kappa shape index (κ2) is 6.32. The van der Waals surface area contributed by atoms with Gasteiger partial charge in [-0.15, -0.1) is 0 Å². The molecule has 2 aliphatic heterocycles. The number of hydrogen-bond donors (Lipinski definition) is 0. The van der Waals surface area contributed by atoms with Crippen LogP contribution in [0, 0.1) is 0 Å². The van der Waals surface area contributed by atoms with Crippen molar-refractivity contribution in [2.24, 2.45) is 0 Å². The number of rotatable bonds is 2. The Morgan fingerprint density at radius 1 is 0.905 bits per heavy atom. The van der Waals surface area contributed by atoms with Crippen molar-refractivity contribution in [2.75, 3.05) is 36.0 Å². The van der Waals surface area contributed by atoms with Crippen LogP contribution < -0.4 is 9.80 Å². The van der Waals surface area contributed by atoms with Gasteiger partial charge >= 0.3 is 0 Å². The molecule has 0 radical (unpaired) electrons. The molecule has 2 saturated heterocycles. The second-order valence-corrected chi connectivity index (χ2v) is 6.25. The fourth-order valence-corrected chi connectivity index (χ4v) is 3.20. The molecule has 2 aliphatic rings. The van der Waals surface area contributed by atoms with Crippen LogP contribution in [0.4, 0.5) is 11.9 Å². The van der Waals surface area contributed by atoms with Crippen molar-refractivity contribution in [3.05, 3.63) is 5.28 Å². The highest BCUT2D eigenvalue weighted by molar-refractivity contribution is 6.28. The highest BCUT2D eigenvalue weighted by Gasteiger charge is 2.25. The van der Waals surface area contributed by atoms with Gasteiger partial charge in [0.15, 0.2) is 0 Å². The van der Waals surface area contributed by atoms with E-state index in [1.165, 1.54) is 19.3 Å². The van der Waals surface area contributed by atoms with Crippen LogP contribution in [0.1, 0.15) is 33.1 Å². The number of nitrogens with zero attached hydrogens (tertiary/aromatic N) is 5. The lowest BCUT2D eigenvalue weighted by Crippen LogP contribution is -2.46.